The van der Waals surface area contributed by atoms with E-state index in [4.69, 9.17) is 29.7 Å². The Balaban J connectivity index is -0.0000000135. The largest absolute Gasteiger partial charge is 0.481 e. The maximum absolute atomic E-state index is 9.00. The van der Waals surface area contributed by atoms with Crippen molar-refractivity contribution < 1.29 is 51.6 Å². The Hall–Kier alpha value is -1.75. The van der Waals surface area contributed by atoms with Crippen LogP contribution in [0.5, 0.6) is 0 Å². The third-order valence-electron chi connectivity index (χ3n) is 0. The maximum Gasteiger partial charge on any atom is 0.300 e. The number of carboxylic acids is 3. The molecule has 0 spiro atoms. The number of hydrogen-bond acceptors (Lipinski definition) is 3. The van der Waals surface area contributed by atoms with Crippen molar-refractivity contribution in [2.45, 2.75) is 20.8 Å². The minimum atomic E-state index is -0.833. The first-order chi connectivity index (χ1) is 5.20. The van der Waals surface area contributed by atoms with Crippen LogP contribution in [0.25, 0.3) is 0 Å². The Kier molecular flexibility index (Phi) is 113. The van der Waals surface area contributed by atoms with Crippen LogP contribution in [-0.2, 0) is 14.4 Å². The molecule has 11 N–H and O–H groups in total. The molecule has 0 amide bonds. The van der Waals surface area contributed by atoms with Crippen molar-refractivity contribution in [1.29, 1.82) is 0 Å². The lowest BCUT2D eigenvalue weighted by atomic mass is 10.9. The second-order valence-corrected chi connectivity index (χ2v) is 1.56. The van der Waals surface area contributed by atoms with Gasteiger partial charge in [-0.3, -0.25) is 14.4 Å². The van der Waals surface area contributed by atoms with Gasteiger partial charge in [-0.1, -0.05) is 0 Å². The fourth-order valence-electron chi connectivity index (χ4n) is 0. The average molecular weight is 252 g/mol. The summed E-state index contributed by atoms with van der Waals surface area (Å²) in [6.07, 6.45) is 0. The van der Waals surface area contributed by atoms with Crippen LogP contribution in [-0.4, -0.2) is 55.1 Å². The Morgan fingerprint density at radius 3 is 0.562 bits per heavy atom. The molecule has 0 rings (SSSR count). The van der Waals surface area contributed by atoms with E-state index in [1.54, 1.807) is 0 Å². The zero-order valence-corrected chi connectivity index (χ0v) is 9.07. The molecule has 0 aliphatic carbocycles. The third-order valence-corrected chi connectivity index (χ3v) is 0. The first-order valence-electron chi connectivity index (χ1n) is 2.78. The molecule has 0 unspecified atom stereocenters. The van der Waals surface area contributed by atoms with Crippen LogP contribution in [0.1, 0.15) is 20.8 Å². The van der Waals surface area contributed by atoms with Crippen LogP contribution in [0.15, 0.2) is 0 Å². The van der Waals surface area contributed by atoms with Crippen molar-refractivity contribution in [2.24, 2.45) is 0 Å². The third kappa shape index (κ3) is 506. The van der Waals surface area contributed by atoms with Crippen molar-refractivity contribution in [2.75, 3.05) is 0 Å². The Morgan fingerprint density at radius 1 is 0.562 bits per heavy atom. The number of hydrogen-bond donors (Lipinski definition) is 3. The second kappa shape index (κ2) is 37.8. The zero-order valence-electron chi connectivity index (χ0n) is 9.07. The molecule has 104 valence electrons. The molecule has 0 saturated carbocycles. The quantitative estimate of drug-likeness (QED) is 0.404. The smallest absolute Gasteiger partial charge is 0.300 e. The normalized spacial score (nSPS) is 4.69. The lowest BCUT2D eigenvalue weighted by molar-refractivity contribution is -0.135. The minimum absolute atomic E-state index is 0. The number of carboxylic acid groups (broad SMARTS) is 3. The van der Waals surface area contributed by atoms with E-state index < -0.39 is 17.9 Å². The molecule has 10 heteroatoms. The predicted molar refractivity (Wildman–Crippen MR) is 54.4 cm³/mol. The summed E-state index contributed by atoms with van der Waals surface area (Å²) in [5.74, 6) is -2.50. The van der Waals surface area contributed by atoms with E-state index in [2.05, 4.69) is 0 Å². The van der Waals surface area contributed by atoms with Gasteiger partial charge in [-0.2, -0.15) is 0 Å². The summed E-state index contributed by atoms with van der Waals surface area (Å²) < 4.78 is 0. The summed E-state index contributed by atoms with van der Waals surface area (Å²) in [5.41, 5.74) is 0. The molecular weight excluding hydrogens is 232 g/mol. The molecule has 16 heavy (non-hydrogen) atoms. The van der Waals surface area contributed by atoms with Gasteiger partial charge in [0.2, 0.25) is 0 Å². The van der Waals surface area contributed by atoms with Gasteiger partial charge < -0.3 is 37.2 Å². The highest BCUT2D eigenvalue weighted by Gasteiger charge is 1.66. The highest BCUT2D eigenvalue weighted by Crippen LogP contribution is 1.42. The maximum atomic E-state index is 9.00. The molecule has 0 fully saturated rings. The van der Waals surface area contributed by atoms with E-state index in [9.17, 15) is 0 Å². The topological polar surface area (TPSA) is 238 Å². The van der Waals surface area contributed by atoms with Gasteiger partial charge in [0.1, 0.15) is 0 Å². The Labute approximate surface area is 91.4 Å². The molecule has 0 bridgehead atoms. The van der Waals surface area contributed by atoms with E-state index in [0.717, 1.165) is 20.8 Å². The predicted octanol–water partition coefficient (Wildman–Crippen LogP) is -3.03. The van der Waals surface area contributed by atoms with Crippen LogP contribution in [0, 0.1) is 0 Å². The number of aliphatic carboxylic acids is 3. The fourth-order valence-corrected chi connectivity index (χ4v) is 0. The van der Waals surface area contributed by atoms with Crippen molar-refractivity contribution >= 4 is 17.9 Å². The van der Waals surface area contributed by atoms with Crippen LogP contribution in [0.2, 0.25) is 0 Å². The average Bonchev–Trinajstić information content (AvgIpc) is 1.54. The van der Waals surface area contributed by atoms with Gasteiger partial charge in [0, 0.05) is 20.8 Å². The molecule has 0 heterocycles. The SMILES string of the molecule is CC(=O)O.CC(=O)O.CC(=O)O.O.O.O.O. The molecule has 0 aliphatic heterocycles. The lowest BCUT2D eigenvalue weighted by Crippen LogP contribution is -1.78. The molecular formula is C6H20O10. The summed E-state index contributed by atoms with van der Waals surface area (Å²) in [6, 6.07) is 0. The molecule has 0 aliphatic rings. The van der Waals surface area contributed by atoms with Crippen molar-refractivity contribution in [1.82, 2.24) is 0 Å². The van der Waals surface area contributed by atoms with Crippen LogP contribution >= 0.6 is 0 Å². The minimum Gasteiger partial charge on any atom is -0.481 e. The fraction of sp³-hybridized carbons (Fsp3) is 0.500. The van der Waals surface area contributed by atoms with E-state index in [-0.39, 0.29) is 21.9 Å². The van der Waals surface area contributed by atoms with Gasteiger partial charge in [0.25, 0.3) is 17.9 Å². The van der Waals surface area contributed by atoms with Gasteiger partial charge in [0.05, 0.1) is 0 Å². The first kappa shape index (κ1) is 47.6. The Bertz CT molecular complexity index is 113. The van der Waals surface area contributed by atoms with Gasteiger partial charge in [0.15, 0.2) is 0 Å². The van der Waals surface area contributed by atoms with E-state index in [1.165, 1.54) is 0 Å². The van der Waals surface area contributed by atoms with Gasteiger partial charge >= 0.3 is 0 Å². The first-order valence-corrected chi connectivity index (χ1v) is 2.78. The molecule has 0 aromatic rings. The summed E-state index contributed by atoms with van der Waals surface area (Å²) in [5, 5.41) is 22.2. The molecule has 0 aromatic heterocycles. The molecule has 0 aromatic carbocycles. The standard InChI is InChI=1S/3C2H4O2.4H2O/c3*1-2(3)4;;;;/h3*1H3,(H,3,4);4*1H2. The monoisotopic (exact) mass is 252 g/mol. The zero-order chi connectivity index (χ0) is 10.7. The number of carbonyl (C=O) groups is 3. The van der Waals surface area contributed by atoms with Crippen LogP contribution in [0.3, 0.4) is 0 Å². The lowest BCUT2D eigenvalue weighted by Gasteiger charge is -1.59. The summed E-state index contributed by atoms with van der Waals surface area (Å²) in [7, 11) is 0. The molecule has 10 nitrogen and oxygen atoms in total. The van der Waals surface area contributed by atoms with Crippen molar-refractivity contribution in [3.05, 3.63) is 0 Å². The number of rotatable bonds is 0. The van der Waals surface area contributed by atoms with E-state index in [1.807, 2.05) is 0 Å². The van der Waals surface area contributed by atoms with Crippen LogP contribution < -0.4 is 0 Å². The van der Waals surface area contributed by atoms with Gasteiger partial charge in [-0.25, -0.2) is 0 Å². The van der Waals surface area contributed by atoms with Crippen LogP contribution in [0.4, 0.5) is 0 Å². The van der Waals surface area contributed by atoms with E-state index >= 15 is 0 Å². The van der Waals surface area contributed by atoms with E-state index in [0.29, 0.717) is 0 Å². The van der Waals surface area contributed by atoms with Gasteiger partial charge in [-0.15, -0.1) is 0 Å². The highest BCUT2D eigenvalue weighted by atomic mass is 16.4. The second-order valence-electron chi connectivity index (χ2n) is 1.56. The summed E-state index contributed by atoms with van der Waals surface area (Å²) >= 11 is 0. The van der Waals surface area contributed by atoms with Crippen molar-refractivity contribution in [3.63, 3.8) is 0 Å². The van der Waals surface area contributed by atoms with Gasteiger partial charge in [-0.05, 0) is 0 Å². The summed E-state index contributed by atoms with van der Waals surface area (Å²) in [6.45, 7) is 3.25. The highest BCUT2D eigenvalue weighted by molar-refractivity contribution is 5.63. The Morgan fingerprint density at radius 2 is 0.562 bits per heavy atom. The van der Waals surface area contributed by atoms with Crippen molar-refractivity contribution in [3.8, 4) is 0 Å². The molecule has 0 atom stereocenters. The molecule has 0 radical (unpaired) electrons. The molecule has 0 saturated heterocycles. The summed E-state index contributed by atoms with van der Waals surface area (Å²) in [4.78, 5) is 27.0.